The largest absolute Gasteiger partial charge is 0.506 e. The van der Waals surface area contributed by atoms with Gasteiger partial charge in [0.1, 0.15) is 17.4 Å². The third-order valence-corrected chi connectivity index (χ3v) is 7.62. The SMILES string of the molecule is O=C(O)C1CCC(c2nc(NCc3ccc(O)c(Cl)c3)c3sc4ccccc4c3n2)CC1. The molecule has 0 amide bonds. The fourth-order valence-corrected chi connectivity index (χ4v) is 5.67. The van der Waals surface area contributed by atoms with Crippen molar-refractivity contribution in [2.75, 3.05) is 5.32 Å². The fraction of sp³-hybridized carbons (Fsp3) is 0.292. The van der Waals surface area contributed by atoms with Crippen molar-refractivity contribution in [2.45, 2.75) is 38.1 Å². The third kappa shape index (κ3) is 3.98. The Morgan fingerprint density at radius 2 is 1.91 bits per heavy atom. The fourth-order valence-electron chi connectivity index (χ4n) is 4.36. The molecule has 1 saturated carbocycles. The van der Waals surface area contributed by atoms with Crippen molar-refractivity contribution in [1.29, 1.82) is 0 Å². The van der Waals surface area contributed by atoms with Gasteiger partial charge in [0.2, 0.25) is 0 Å². The minimum absolute atomic E-state index is 0.0589. The Balaban J connectivity index is 1.51. The van der Waals surface area contributed by atoms with Gasteiger partial charge >= 0.3 is 5.97 Å². The van der Waals surface area contributed by atoms with Gasteiger partial charge in [-0.3, -0.25) is 4.79 Å². The number of fused-ring (bicyclic) bond motifs is 3. The van der Waals surface area contributed by atoms with E-state index >= 15 is 0 Å². The smallest absolute Gasteiger partial charge is 0.306 e. The zero-order valence-corrected chi connectivity index (χ0v) is 18.8. The van der Waals surface area contributed by atoms with E-state index in [1.54, 1.807) is 23.5 Å². The molecule has 1 aliphatic carbocycles. The number of carbonyl (C=O) groups is 1. The average molecular weight is 468 g/mol. The normalized spacial score (nSPS) is 18.8. The Morgan fingerprint density at radius 1 is 1.12 bits per heavy atom. The van der Waals surface area contributed by atoms with Crippen LogP contribution in [0.4, 0.5) is 5.82 Å². The number of nitrogens with zero attached hydrogens (tertiary/aromatic N) is 2. The highest BCUT2D eigenvalue weighted by molar-refractivity contribution is 7.26. The number of aromatic hydroxyl groups is 1. The van der Waals surface area contributed by atoms with Crippen molar-refractivity contribution < 1.29 is 15.0 Å². The molecule has 0 aliphatic heterocycles. The lowest BCUT2D eigenvalue weighted by Crippen LogP contribution is -2.21. The number of rotatable bonds is 5. The van der Waals surface area contributed by atoms with Crippen molar-refractivity contribution >= 4 is 55.0 Å². The van der Waals surface area contributed by atoms with Crippen LogP contribution in [-0.2, 0) is 11.3 Å². The van der Waals surface area contributed by atoms with Crippen molar-refractivity contribution in [2.24, 2.45) is 5.92 Å². The zero-order chi connectivity index (χ0) is 22.2. The molecule has 5 rings (SSSR count). The van der Waals surface area contributed by atoms with Gasteiger partial charge in [0.25, 0.3) is 0 Å². The Labute approximate surface area is 193 Å². The molecule has 164 valence electrons. The first-order chi connectivity index (χ1) is 15.5. The molecule has 0 radical (unpaired) electrons. The Morgan fingerprint density at radius 3 is 2.66 bits per heavy atom. The van der Waals surface area contributed by atoms with Crippen molar-refractivity contribution in [3.8, 4) is 5.75 Å². The van der Waals surface area contributed by atoms with E-state index in [1.165, 1.54) is 0 Å². The number of carboxylic acids is 1. The number of benzene rings is 2. The van der Waals surface area contributed by atoms with Gasteiger partial charge in [0.15, 0.2) is 0 Å². The van der Waals surface area contributed by atoms with Crippen LogP contribution in [0.15, 0.2) is 42.5 Å². The van der Waals surface area contributed by atoms with Gasteiger partial charge < -0.3 is 15.5 Å². The van der Waals surface area contributed by atoms with Gasteiger partial charge in [0.05, 0.1) is 21.2 Å². The van der Waals surface area contributed by atoms with E-state index in [-0.39, 0.29) is 17.6 Å². The monoisotopic (exact) mass is 467 g/mol. The summed E-state index contributed by atoms with van der Waals surface area (Å²) in [6.45, 7) is 0.506. The van der Waals surface area contributed by atoms with E-state index in [2.05, 4.69) is 17.4 Å². The summed E-state index contributed by atoms with van der Waals surface area (Å²) in [6, 6.07) is 13.3. The Hall–Kier alpha value is -2.90. The predicted octanol–water partition coefficient (Wildman–Crippen LogP) is 6.17. The van der Waals surface area contributed by atoms with Gasteiger partial charge in [-0.05, 0) is 49.4 Å². The average Bonchev–Trinajstić information content (AvgIpc) is 3.18. The number of phenols is 1. The first-order valence-corrected chi connectivity index (χ1v) is 11.8. The molecule has 0 bridgehead atoms. The van der Waals surface area contributed by atoms with Crippen LogP contribution in [0.2, 0.25) is 5.02 Å². The van der Waals surface area contributed by atoms with Gasteiger partial charge in [-0.2, -0.15) is 0 Å². The highest BCUT2D eigenvalue weighted by atomic mass is 35.5. The van der Waals surface area contributed by atoms with E-state index in [0.717, 1.165) is 50.4 Å². The molecule has 2 aromatic carbocycles. The number of hydrogen-bond acceptors (Lipinski definition) is 6. The van der Waals surface area contributed by atoms with E-state index < -0.39 is 5.97 Å². The molecule has 3 N–H and O–H groups in total. The lowest BCUT2D eigenvalue weighted by Gasteiger charge is -2.25. The minimum atomic E-state index is -0.710. The summed E-state index contributed by atoms with van der Waals surface area (Å²) in [5.74, 6) is 0.778. The van der Waals surface area contributed by atoms with Crippen molar-refractivity contribution in [3.05, 3.63) is 58.9 Å². The topological polar surface area (TPSA) is 95.3 Å². The summed E-state index contributed by atoms with van der Waals surface area (Å²) in [5, 5.41) is 23.9. The number of halogens is 1. The molecule has 6 nitrogen and oxygen atoms in total. The molecule has 2 aromatic heterocycles. The molecule has 0 atom stereocenters. The maximum atomic E-state index is 11.3. The maximum Gasteiger partial charge on any atom is 0.306 e. The summed E-state index contributed by atoms with van der Waals surface area (Å²) in [6.07, 6.45) is 2.86. The molecule has 0 saturated heterocycles. The van der Waals surface area contributed by atoms with E-state index in [4.69, 9.17) is 21.6 Å². The first kappa shape index (κ1) is 21.0. The lowest BCUT2D eigenvalue weighted by molar-refractivity contribution is -0.142. The minimum Gasteiger partial charge on any atom is -0.506 e. The van der Waals surface area contributed by atoms with Crippen molar-refractivity contribution in [1.82, 2.24) is 9.97 Å². The van der Waals surface area contributed by atoms with Crippen LogP contribution < -0.4 is 5.32 Å². The summed E-state index contributed by atoms with van der Waals surface area (Å²) in [7, 11) is 0. The molecular weight excluding hydrogens is 446 g/mol. The number of aliphatic carboxylic acids is 1. The third-order valence-electron chi connectivity index (χ3n) is 6.15. The molecule has 32 heavy (non-hydrogen) atoms. The van der Waals surface area contributed by atoms with Gasteiger partial charge in [-0.15, -0.1) is 11.3 Å². The number of phenolic OH excluding ortho intramolecular Hbond substituents is 1. The zero-order valence-electron chi connectivity index (χ0n) is 17.2. The van der Waals surface area contributed by atoms with Crippen LogP contribution in [-0.4, -0.2) is 26.2 Å². The highest BCUT2D eigenvalue weighted by Gasteiger charge is 2.29. The molecule has 8 heteroatoms. The Bertz CT molecular complexity index is 1310. The lowest BCUT2D eigenvalue weighted by atomic mass is 9.81. The van der Waals surface area contributed by atoms with E-state index in [9.17, 15) is 15.0 Å². The summed E-state index contributed by atoms with van der Waals surface area (Å²) in [5.41, 5.74) is 1.87. The molecule has 1 fully saturated rings. The summed E-state index contributed by atoms with van der Waals surface area (Å²) >= 11 is 7.72. The maximum absolute atomic E-state index is 11.3. The standard InChI is InChI=1S/C24H22ClN3O3S/c25-17-11-13(5-10-18(17)29)12-26-23-21-20(16-3-1-2-4-19(16)32-21)27-22(28-23)14-6-8-15(9-7-14)24(30)31/h1-5,10-11,14-15,29H,6-9,12H2,(H,30,31)(H,26,27,28). The highest BCUT2D eigenvalue weighted by Crippen LogP contribution is 2.40. The molecular formula is C24H22ClN3O3S. The van der Waals surface area contributed by atoms with Crippen LogP contribution in [0.5, 0.6) is 5.75 Å². The van der Waals surface area contributed by atoms with Crippen LogP contribution in [0.3, 0.4) is 0 Å². The van der Waals surface area contributed by atoms with Crippen LogP contribution in [0.25, 0.3) is 20.3 Å². The quantitative estimate of drug-likeness (QED) is 0.324. The number of aromatic nitrogens is 2. The van der Waals surface area contributed by atoms with Crippen LogP contribution in [0.1, 0.15) is 43.0 Å². The Kier molecular flexibility index (Phi) is 5.61. The van der Waals surface area contributed by atoms with E-state index in [0.29, 0.717) is 24.4 Å². The first-order valence-electron chi connectivity index (χ1n) is 10.6. The van der Waals surface area contributed by atoms with Crippen molar-refractivity contribution in [3.63, 3.8) is 0 Å². The second-order valence-electron chi connectivity index (χ2n) is 8.23. The molecule has 1 aliphatic rings. The number of hydrogen-bond donors (Lipinski definition) is 3. The second kappa shape index (κ2) is 8.56. The van der Waals surface area contributed by atoms with Gasteiger partial charge in [0, 0.05) is 22.5 Å². The van der Waals surface area contributed by atoms with Gasteiger partial charge in [-0.25, -0.2) is 9.97 Å². The molecule has 2 heterocycles. The van der Waals surface area contributed by atoms with Crippen LogP contribution >= 0.6 is 22.9 Å². The second-order valence-corrected chi connectivity index (χ2v) is 9.69. The number of thiophene rings is 1. The number of carboxylic acid groups (broad SMARTS) is 1. The van der Waals surface area contributed by atoms with Gasteiger partial charge in [-0.1, -0.05) is 35.9 Å². The summed E-state index contributed by atoms with van der Waals surface area (Å²) in [4.78, 5) is 21.2. The molecule has 4 aromatic rings. The predicted molar refractivity (Wildman–Crippen MR) is 128 cm³/mol. The molecule has 0 spiro atoms. The number of nitrogens with one attached hydrogen (secondary N) is 1. The van der Waals surface area contributed by atoms with E-state index in [1.807, 2.05) is 18.2 Å². The van der Waals surface area contributed by atoms with Crippen LogP contribution in [0, 0.1) is 5.92 Å². The molecule has 0 unspecified atom stereocenters. The summed E-state index contributed by atoms with van der Waals surface area (Å²) < 4.78 is 2.15. The number of anilines is 1.